The predicted molar refractivity (Wildman–Crippen MR) is 118 cm³/mol. The molecule has 1 aliphatic carbocycles. The number of rotatable bonds is 8. The van der Waals surface area contributed by atoms with Crippen LogP contribution < -0.4 is 4.74 Å². The van der Waals surface area contributed by atoms with Crippen molar-refractivity contribution in [3.05, 3.63) is 65.4 Å². The fourth-order valence-corrected chi connectivity index (χ4v) is 4.31. The number of carboxylic acids is 1. The molecule has 0 heterocycles. The molecule has 0 aliphatic heterocycles. The highest BCUT2D eigenvalue weighted by molar-refractivity contribution is 8.13. The number of carboxylic acid groups (broad SMARTS) is 1. The zero-order valence-electron chi connectivity index (χ0n) is 16.8. The second kappa shape index (κ2) is 9.65. The maximum Gasteiger partial charge on any atom is 0.339 e. The van der Waals surface area contributed by atoms with Crippen molar-refractivity contribution in [3.8, 4) is 5.75 Å². The second-order valence-electron chi connectivity index (χ2n) is 6.88. The first kappa shape index (κ1) is 21.0. The maximum atomic E-state index is 11.7. The third kappa shape index (κ3) is 5.41. The smallest absolute Gasteiger partial charge is 0.339 e. The summed E-state index contributed by atoms with van der Waals surface area (Å²) < 4.78 is 10.2. The van der Waals surface area contributed by atoms with Crippen LogP contribution in [0.5, 0.6) is 5.75 Å². The predicted octanol–water partition coefficient (Wildman–Crippen LogP) is 5.45. The van der Waals surface area contributed by atoms with E-state index in [2.05, 4.69) is 0 Å². The van der Waals surface area contributed by atoms with E-state index < -0.39 is 5.97 Å². The zero-order chi connectivity index (χ0) is 20.8. The number of aliphatic imine (C=N–C) groups is 1. The molecule has 1 N–H and O–H groups in total. The Labute approximate surface area is 175 Å². The monoisotopic (exact) mass is 411 g/mol. The fourth-order valence-electron chi connectivity index (χ4n) is 2.99. The molecule has 5 nitrogen and oxygen atoms in total. The molecule has 1 fully saturated rings. The van der Waals surface area contributed by atoms with Gasteiger partial charge < -0.3 is 14.6 Å². The highest BCUT2D eigenvalue weighted by atomic mass is 32.2. The highest BCUT2D eigenvalue weighted by Gasteiger charge is 2.28. The van der Waals surface area contributed by atoms with Crippen LogP contribution in [0.4, 0.5) is 5.69 Å². The number of benzene rings is 2. The van der Waals surface area contributed by atoms with E-state index in [9.17, 15) is 9.90 Å². The Bertz CT molecular complexity index is 930. The molecule has 0 radical (unpaired) electrons. The van der Waals surface area contributed by atoms with Crippen LogP contribution in [0.15, 0.2) is 53.7 Å². The Kier molecular flexibility index (Phi) is 6.99. The van der Waals surface area contributed by atoms with Crippen LogP contribution in [0.3, 0.4) is 0 Å². The molecule has 1 saturated carbocycles. The molecular formula is C23H25NO4S. The lowest BCUT2D eigenvalue weighted by molar-refractivity contribution is -0.130. The Balaban J connectivity index is 1.86. The van der Waals surface area contributed by atoms with Crippen molar-refractivity contribution in [2.24, 2.45) is 10.9 Å². The van der Waals surface area contributed by atoms with E-state index in [1.165, 1.54) is 13.4 Å². The van der Waals surface area contributed by atoms with Crippen LogP contribution >= 0.6 is 11.8 Å². The number of hydrogen-bond acceptors (Lipinski definition) is 5. The van der Waals surface area contributed by atoms with Crippen molar-refractivity contribution in [2.45, 2.75) is 25.5 Å². The number of methoxy groups -OCH3 is 2. The quantitative estimate of drug-likeness (QED) is 0.271. The van der Waals surface area contributed by atoms with Gasteiger partial charge in [0.1, 0.15) is 11.3 Å². The lowest BCUT2D eigenvalue weighted by atomic mass is 9.98. The number of aliphatic carboxylic acids is 1. The van der Waals surface area contributed by atoms with Crippen LogP contribution in [0.1, 0.15) is 29.5 Å². The molecule has 1 aliphatic rings. The lowest BCUT2D eigenvalue weighted by Crippen LogP contribution is -2.06. The average molecular weight is 412 g/mol. The molecule has 0 aromatic heterocycles. The summed E-state index contributed by atoms with van der Waals surface area (Å²) in [5, 5.41) is 10.7. The molecule has 2 aromatic rings. The number of ether oxygens (including phenoxy) is 2. The number of nitrogens with zero attached hydrogens (tertiary/aromatic N) is 1. The van der Waals surface area contributed by atoms with E-state index >= 15 is 0 Å². The van der Waals surface area contributed by atoms with Crippen molar-refractivity contribution in [3.63, 3.8) is 0 Å². The molecular weight excluding hydrogens is 386 g/mol. The van der Waals surface area contributed by atoms with Crippen LogP contribution in [0.25, 0.3) is 5.57 Å². The molecule has 152 valence electrons. The molecule has 6 heteroatoms. The molecule has 0 amide bonds. The van der Waals surface area contributed by atoms with Gasteiger partial charge in [-0.3, -0.25) is 0 Å². The minimum atomic E-state index is -1.00. The van der Waals surface area contributed by atoms with Gasteiger partial charge in [-0.25, -0.2) is 9.79 Å². The van der Waals surface area contributed by atoms with Crippen molar-refractivity contribution in [1.82, 2.24) is 0 Å². The molecule has 29 heavy (non-hydrogen) atoms. The average Bonchev–Trinajstić information content (AvgIpc) is 3.55. The first-order valence-corrected chi connectivity index (χ1v) is 10.4. The number of thioether (sulfide) groups is 1. The normalized spacial score (nSPS) is 14.6. The highest BCUT2D eigenvalue weighted by Crippen LogP contribution is 2.39. The topological polar surface area (TPSA) is 68.1 Å². The summed E-state index contributed by atoms with van der Waals surface area (Å²) in [7, 11) is 3.10. The van der Waals surface area contributed by atoms with Gasteiger partial charge in [-0.05, 0) is 60.7 Å². The Morgan fingerprint density at radius 2 is 1.93 bits per heavy atom. The van der Waals surface area contributed by atoms with Gasteiger partial charge in [-0.15, -0.1) is 11.8 Å². The van der Waals surface area contributed by atoms with Crippen molar-refractivity contribution >= 4 is 34.0 Å². The molecule has 0 bridgehead atoms. The summed E-state index contributed by atoms with van der Waals surface area (Å²) in [5.41, 5.74) is 3.79. The summed E-state index contributed by atoms with van der Waals surface area (Å²) in [6.45, 7) is 2.00. The van der Waals surface area contributed by atoms with E-state index in [4.69, 9.17) is 14.5 Å². The van der Waals surface area contributed by atoms with E-state index in [0.29, 0.717) is 17.2 Å². The van der Waals surface area contributed by atoms with Gasteiger partial charge in [0.25, 0.3) is 0 Å². The molecule has 0 saturated heterocycles. The first-order valence-electron chi connectivity index (χ1n) is 9.44. The fraction of sp³-hybridized carbons (Fsp3) is 0.304. The van der Waals surface area contributed by atoms with Crippen LogP contribution in [0, 0.1) is 12.8 Å². The SMILES string of the molecule is CO/C=C(/C(=O)O)c1cccc(C)c1CSC(=Nc1ccc(OC)cc1)C1CC1. The summed E-state index contributed by atoms with van der Waals surface area (Å²) in [6.07, 6.45) is 3.58. The van der Waals surface area contributed by atoms with Crippen molar-refractivity contribution in [1.29, 1.82) is 0 Å². The summed E-state index contributed by atoms with van der Waals surface area (Å²) in [6, 6.07) is 13.4. The second-order valence-corrected chi connectivity index (χ2v) is 7.88. The van der Waals surface area contributed by atoms with Crippen LogP contribution in [0.2, 0.25) is 0 Å². The number of aryl methyl sites for hydroxylation is 1. The van der Waals surface area contributed by atoms with Gasteiger partial charge in [0.05, 0.1) is 31.2 Å². The van der Waals surface area contributed by atoms with Gasteiger partial charge >= 0.3 is 5.97 Å². The number of hydrogen-bond donors (Lipinski definition) is 1. The van der Waals surface area contributed by atoms with Crippen molar-refractivity contribution in [2.75, 3.05) is 14.2 Å². The zero-order valence-corrected chi connectivity index (χ0v) is 17.7. The minimum absolute atomic E-state index is 0.159. The molecule has 0 spiro atoms. The van der Waals surface area contributed by atoms with Gasteiger partial charge in [0, 0.05) is 11.7 Å². The van der Waals surface area contributed by atoms with E-state index in [-0.39, 0.29) is 5.57 Å². The third-order valence-electron chi connectivity index (χ3n) is 4.77. The molecule has 2 aromatic carbocycles. The Hall–Kier alpha value is -2.73. The van der Waals surface area contributed by atoms with E-state index in [1.54, 1.807) is 18.9 Å². The van der Waals surface area contributed by atoms with Gasteiger partial charge in [0.15, 0.2) is 0 Å². The summed E-state index contributed by atoms with van der Waals surface area (Å²) in [5.74, 6) is 0.947. The molecule has 3 rings (SSSR count). The number of carbonyl (C=O) groups is 1. The summed E-state index contributed by atoms with van der Waals surface area (Å²) in [4.78, 5) is 16.6. The Morgan fingerprint density at radius 1 is 1.21 bits per heavy atom. The van der Waals surface area contributed by atoms with E-state index in [1.807, 2.05) is 49.4 Å². The first-order chi connectivity index (χ1) is 14.0. The largest absolute Gasteiger partial charge is 0.503 e. The summed E-state index contributed by atoms with van der Waals surface area (Å²) >= 11 is 1.68. The molecule has 0 unspecified atom stereocenters. The van der Waals surface area contributed by atoms with Crippen LogP contribution in [-0.2, 0) is 15.3 Å². The van der Waals surface area contributed by atoms with Gasteiger partial charge in [0.2, 0.25) is 0 Å². The Morgan fingerprint density at radius 3 is 2.52 bits per heavy atom. The van der Waals surface area contributed by atoms with Gasteiger partial charge in [-0.1, -0.05) is 18.2 Å². The van der Waals surface area contributed by atoms with E-state index in [0.717, 1.165) is 40.4 Å². The maximum absolute atomic E-state index is 11.7. The van der Waals surface area contributed by atoms with Crippen molar-refractivity contribution < 1.29 is 19.4 Å². The lowest BCUT2D eigenvalue weighted by Gasteiger charge is -2.14. The van der Waals surface area contributed by atoms with Crippen LogP contribution in [-0.4, -0.2) is 30.3 Å². The van der Waals surface area contributed by atoms with Gasteiger partial charge in [-0.2, -0.15) is 0 Å². The molecule has 0 atom stereocenters. The standard InChI is InChI=1S/C23H25NO4S/c1-15-5-4-6-19(20(13-27-2)23(25)26)21(15)14-29-22(16-7-8-16)24-17-9-11-18(28-3)12-10-17/h4-6,9-13,16H,7-8,14H2,1-3H3,(H,25,26)/b20-13+,24-22?. The third-order valence-corrected chi connectivity index (χ3v) is 5.92. The minimum Gasteiger partial charge on any atom is -0.503 e.